The van der Waals surface area contributed by atoms with E-state index in [0.29, 0.717) is 5.69 Å². The standard InChI is InChI=1S/C13H19N3O3/c1-14-12(17)8-16(9-13(18)19)11-6-4-10(5-7-11)15(2)3/h4-7H,8-9H2,1-3H3,(H,14,17)(H,18,19). The lowest BCUT2D eigenvalue weighted by Gasteiger charge is -2.22. The van der Waals surface area contributed by atoms with Gasteiger partial charge >= 0.3 is 5.97 Å². The summed E-state index contributed by atoms with van der Waals surface area (Å²) in [7, 11) is 5.37. The molecule has 1 aromatic rings. The molecule has 0 aliphatic rings. The highest BCUT2D eigenvalue weighted by Crippen LogP contribution is 2.19. The van der Waals surface area contributed by atoms with E-state index in [4.69, 9.17) is 5.11 Å². The summed E-state index contributed by atoms with van der Waals surface area (Å²) in [6.45, 7) is -0.196. The van der Waals surface area contributed by atoms with Gasteiger partial charge in [-0.1, -0.05) is 0 Å². The lowest BCUT2D eigenvalue weighted by atomic mass is 10.2. The average Bonchev–Trinajstić information content (AvgIpc) is 2.37. The SMILES string of the molecule is CNC(=O)CN(CC(=O)O)c1ccc(N(C)C)cc1. The molecule has 2 N–H and O–H groups in total. The van der Waals surface area contributed by atoms with Crippen LogP contribution in [0, 0.1) is 0 Å². The van der Waals surface area contributed by atoms with Crippen LogP contribution in [0.2, 0.25) is 0 Å². The number of aliphatic carboxylic acids is 1. The number of rotatable bonds is 6. The zero-order valence-electron chi connectivity index (χ0n) is 11.4. The van der Waals surface area contributed by atoms with Crippen molar-refractivity contribution in [2.75, 3.05) is 44.0 Å². The molecule has 104 valence electrons. The minimum atomic E-state index is -0.972. The first-order valence-electron chi connectivity index (χ1n) is 5.88. The molecule has 0 spiro atoms. The number of nitrogens with one attached hydrogen (secondary N) is 1. The van der Waals surface area contributed by atoms with Crippen molar-refractivity contribution in [2.45, 2.75) is 0 Å². The molecule has 1 aromatic carbocycles. The summed E-state index contributed by atoms with van der Waals surface area (Å²) in [6, 6.07) is 7.38. The second-order valence-electron chi connectivity index (χ2n) is 4.33. The maximum atomic E-state index is 11.4. The van der Waals surface area contributed by atoms with Crippen LogP contribution < -0.4 is 15.1 Å². The summed E-state index contributed by atoms with van der Waals surface area (Å²) in [5, 5.41) is 11.4. The smallest absolute Gasteiger partial charge is 0.323 e. The molecule has 6 heteroatoms. The average molecular weight is 265 g/mol. The third kappa shape index (κ3) is 4.50. The van der Waals surface area contributed by atoms with E-state index in [1.807, 2.05) is 31.1 Å². The molecular weight excluding hydrogens is 246 g/mol. The topological polar surface area (TPSA) is 72.9 Å². The summed E-state index contributed by atoms with van der Waals surface area (Å²) in [5.41, 5.74) is 1.72. The summed E-state index contributed by atoms with van der Waals surface area (Å²) in [6.07, 6.45) is 0. The van der Waals surface area contributed by atoms with Gasteiger partial charge in [0.05, 0.1) is 6.54 Å². The van der Waals surface area contributed by atoms with Gasteiger partial charge in [0.25, 0.3) is 0 Å². The Bertz CT molecular complexity index is 443. The Morgan fingerprint density at radius 3 is 2.05 bits per heavy atom. The first-order chi connectivity index (χ1) is 8.93. The molecule has 6 nitrogen and oxygen atoms in total. The highest BCUT2D eigenvalue weighted by atomic mass is 16.4. The van der Waals surface area contributed by atoms with E-state index < -0.39 is 5.97 Å². The maximum absolute atomic E-state index is 11.4. The number of anilines is 2. The van der Waals surface area contributed by atoms with E-state index in [1.54, 1.807) is 12.1 Å². The summed E-state index contributed by atoms with van der Waals surface area (Å²) < 4.78 is 0. The van der Waals surface area contributed by atoms with Crippen LogP contribution in [0.4, 0.5) is 11.4 Å². The van der Waals surface area contributed by atoms with Crippen molar-refractivity contribution in [3.05, 3.63) is 24.3 Å². The summed E-state index contributed by atoms with van der Waals surface area (Å²) in [4.78, 5) is 25.7. The number of likely N-dealkylation sites (N-methyl/N-ethyl adjacent to an activating group) is 1. The molecule has 1 amide bonds. The van der Waals surface area contributed by atoms with Gasteiger partial charge in [-0.2, -0.15) is 0 Å². The van der Waals surface area contributed by atoms with Crippen molar-refractivity contribution in [3.63, 3.8) is 0 Å². The number of carbonyl (C=O) groups excluding carboxylic acids is 1. The third-order valence-corrected chi connectivity index (χ3v) is 2.67. The molecule has 1 rings (SSSR count). The van der Waals surface area contributed by atoms with E-state index in [2.05, 4.69) is 5.32 Å². The molecule has 0 fully saturated rings. The van der Waals surface area contributed by atoms with Crippen LogP contribution >= 0.6 is 0 Å². The minimum Gasteiger partial charge on any atom is -0.480 e. The molecule has 19 heavy (non-hydrogen) atoms. The first-order valence-corrected chi connectivity index (χ1v) is 5.88. The van der Waals surface area contributed by atoms with E-state index >= 15 is 0 Å². The zero-order chi connectivity index (χ0) is 14.4. The largest absolute Gasteiger partial charge is 0.480 e. The highest BCUT2D eigenvalue weighted by Gasteiger charge is 2.14. The predicted molar refractivity (Wildman–Crippen MR) is 74.7 cm³/mol. The van der Waals surface area contributed by atoms with Crippen LogP contribution in [0.5, 0.6) is 0 Å². The van der Waals surface area contributed by atoms with Gasteiger partial charge in [0.15, 0.2) is 0 Å². The fourth-order valence-electron chi connectivity index (χ4n) is 1.62. The van der Waals surface area contributed by atoms with Gasteiger partial charge in [-0.15, -0.1) is 0 Å². The fourth-order valence-corrected chi connectivity index (χ4v) is 1.62. The van der Waals surface area contributed by atoms with Gasteiger partial charge in [0, 0.05) is 32.5 Å². The van der Waals surface area contributed by atoms with Crippen molar-refractivity contribution in [1.29, 1.82) is 0 Å². The van der Waals surface area contributed by atoms with Crippen molar-refractivity contribution >= 4 is 23.3 Å². The lowest BCUT2D eigenvalue weighted by molar-refractivity contribution is -0.135. The van der Waals surface area contributed by atoms with Crippen LogP contribution in [0.1, 0.15) is 0 Å². The first kappa shape index (κ1) is 14.8. The van der Waals surface area contributed by atoms with Gasteiger partial charge in [0.2, 0.25) is 5.91 Å². The number of carboxylic acid groups (broad SMARTS) is 1. The Morgan fingerprint density at radius 2 is 1.63 bits per heavy atom. The van der Waals surface area contributed by atoms with Gasteiger partial charge in [0.1, 0.15) is 6.54 Å². The van der Waals surface area contributed by atoms with Crippen LogP contribution in [-0.4, -0.2) is 51.2 Å². The third-order valence-electron chi connectivity index (χ3n) is 2.67. The normalized spacial score (nSPS) is 9.84. The molecule has 0 aromatic heterocycles. The Balaban J connectivity index is 2.89. The molecule has 0 saturated heterocycles. The van der Waals surface area contributed by atoms with E-state index in [9.17, 15) is 9.59 Å². The second-order valence-corrected chi connectivity index (χ2v) is 4.33. The number of benzene rings is 1. The fraction of sp³-hybridized carbons (Fsp3) is 0.385. The van der Waals surface area contributed by atoms with E-state index in [1.165, 1.54) is 11.9 Å². The summed E-state index contributed by atoms with van der Waals surface area (Å²) in [5.74, 6) is -1.20. The van der Waals surface area contributed by atoms with Gasteiger partial charge in [-0.3, -0.25) is 9.59 Å². The van der Waals surface area contributed by atoms with Crippen LogP contribution in [0.25, 0.3) is 0 Å². The number of hydrogen-bond donors (Lipinski definition) is 2. The minimum absolute atomic E-state index is 0.0180. The lowest BCUT2D eigenvalue weighted by Crippen LogP contribution is -2.38. The molecule has 0 bridgehead atoms. The molecule has 0 radical (unpaired) electrons. The number of hydrogen-bond acceptors (Lipinski definition) is 4. The zero-order valence-corrected chi connectivity index (χ0v) is 11.4. The molecule has 0 unspecified atom stereocenters. The quantitative estimate of drug-likeness (QED) is 0.778. The molecule has 0 atom stereocenters. The van der Waals surface area contributed by atoms with E-state index in [-0.39, 0.29) is 19.0 Å². The number of carbonyl (C=O) groups is 2. The Morgan fingerprint density at radius 1 is 1.11 bits per heavy atom. The maximum Gasteiger partial charge on any atom is 0.323 e. The molecule has 0 heterocycles. The van der Waals surface area contributed by atoms with Crippen LogP contribution in [-0.2, 0) is 9.59 Å². The van der Waals surface area contributed by atoms with Gasteiger partial charge in [-0.25, -0.2) is 0 Å². The molecular formula is C13H19N3O3. The molecule has 0 aliphatic heterocycles. The Kier molecular flexibility index (Phi) is 5.17. The van der Waals surface area contributed by atoms with Gasteiger partial charge in [-0.05, 0) is 24.3 Å². The van der Waals surface area contributed by atoms with Crippen LogP contribution in [0.3, 0.4) is 0 Å². The van der Waals surface area contributed by atoms with Crippen molar-refractivity contribution in [3.8, 4) is 0 Å². The number of carboxylic acids is 1. The Hall–Kier alpha value is -2.24. The number of amides is 1. The molecule has 0 saturated carbocycles. The van der Waals surface area contributed by atoms with E-state index in [0.717, 1.165) is 5.69 Å². The predicted octanol–water partition coefficient (Wildman–Crippen LogP) is 0.390. The summed E-state index contributed by atoms with van der Waals surface area (Å²) >= 11 is 0. The Labute approximate surface area is 112 Å². The van der Waals surface area contributed by atoms with Crippen molar-refractivity contribution < 1.29 is 14.7 Å². The monoisotopic (exact) mass is 265 g/mol. The van der Waals surface area contributed by atoms with Crippen molar-refractivity contribution in [1.82, 2.24) is 5.32 Å². The second kappa shape index (κ2) is 6.63. The van der Waals surface area contributed by atoms with Crippen LogP contribution in [0.15, 0.2) is 24.3 Å². The number of nitrogens with zero attached hydrogens (tertiary/aromatic N) is 2. The molecule has 0 aliphatic carbocycles. The van der Waals surface area contributed by atoms with Crippen molar-refractivity contribution in [2.24, 2.45) is 0 Å². The highest BCUT2D eigenvalue weighted by molar-refractivity contribution is 5.84. The van der Waals surface area contributed by atoms with Gasteiger partial charge < -0.3 is 20.2 Å².